The Bertz CT molecular complexity index is 1980. The highest BCUT2D eigenvalue weighted by atomic mass is 32.1. The Balaban J connectivity index is 1.23. The van der Waals surface area contributed by atoms with Gasteiger partial charge in [0.05, 0.1) is 35.7 Å². The van der Waals surface area contributed by atoms with Crippen molar-refractivity contribution in [1.82, 2.24) is 24.1 Å². The minimum Gasteiger partial charge on any atom is -0.379 e. The largest absolute Gasteiger partial charge is 0.379 e. The maximum Gasteiger partial charge on any atom is 0.138 e. The summed E-state index contributed by atoms with van der Waals surface area (Å²) < 4.78 is 9.92. The van der Waals surface area contributed by atoms with Crippen LogP contribution in [0.5, 0.6) is 0 Å². The fourth-order valence-electron chi connectivity index (χ4n) is 6.75. The highest BCUT2D eigenvalue weighted by molar-refractivity contribution is 7.15. The second kappa shape index (κ2) is 12.2. The van der Waals surface area contributed by atoms with E-state index in [-0.39, 0.29) is 0 Å². The van der Waals surface area contributed by atoms with Crippen LogP contribution in [0.15, 0.2) is 134 Å². The van der Waals surface area contributed by atoms with E-state index in [2.05, 4.69) is 149 Å². The van der Waals surface area contributed by atoms with E-state index in [0.29, 0.717) is 0 Å². The van der Waals surface area contributed by atoms with Gasteiger partial charge in [-0.05, 0) is 47.9 Å². The predicted molar refractivity (Wildman–Crippen MR) is 185 cm³/mol. The van der Waals surface area contributed by atoms with Gasteiger partial charge in [0, 0.05) is 48.0 Å². The van der Waals surface area contributed by atoms with Crippen molar-refractivity contribution in [3.05, 3.63) is 161 Å². The van der Waals surface area contributed by atoms with Gasteiger partial charge in [-0.1, -0.05) is 91.0 Å². The Hall–Kier alpha value is -4.82. The molecular weight excluding hydrogens is 587 g/mol. The smallest absolute Gasteiger partial charge is 0.138 e. The van der Waals surface area contributed by atoms with Crippen LogP contribution in [-0.2, 0) is 16.8 Å². The van der Waals surface area contributed by atoms with Crippen molar-refractivity contribution < 1.29 is 4.74 Å². The fraction of sp³-hybridized carbons (Fsp3) is 0.179. The third-order valence-corrected chi connectivity index (χ3v) is 10.1. The Kier molecular flexibility index (Phi) is 7.58. The Morgan fingerprint density at radius 3 is 2.00 bits per heavy atom. The number of thiophene rings is 1. The number of ether oxygens (including phenoxy) is 1. The van der Waals surface area contributed by atoms with E-state index in [9.17, 15) is 0 Å². The van der Waals surface area contributed by atoms with Crippen LogP contribution in [-0.4, -0.2) is 50.4 Å². The molecule has 228 valence electrons. The third-order valence-electron chi connectivity index (χ3n) is 9.03. The van der Waals surface area contributed by atoms with Crippen molar-refractivity contribution in [2.75, 3.05) is 26.3 Å². The highest BCUT2D eigenvalue weighted by Gasteiger charge is 2.39. The lowest BCUT2D eigenvalue weighted by Gasteiger charge is -2.36. The van der Waals surface area contributed by atoms with Crippen LogP contribution in [0, 0.1) is 6.92 Å². The minimum absolute atomic E-state index is 0.662. The standard InChI is InChI=1S/C39H35N5OS/c1-29-35(30-17-20-38-40-25-36(43(38)26-30)37-19-18-34(46-37)27-42-21-23-45-24-22-42)28-44(41-29)39(31-11-5-2-6-12-31,32-13-7-3-8-14-32)33-15-9-4-10-16-33/h2-20,25-26,28H,21-24,27H2,1H3. The van der Waals surface area contributed by atoms with E-state index in [1.807, 2.05) is 17.5 Å². The molecule has 0 bridgehead atoms. The molecule has 0 saturated carbocycles. The summed E-state index contributed by atoms with van der Waals surface area (Å²) in [5, 5.41) is 5.28. The van der Waals surface area contributed by atoms with E-state index >= 15 is 0 Å². The molecule has 7 aromatic rings. The Labute approximate surface area is 273 Å². The molecule has 1 aliphatic heterocycles. The number of morpholine rings is 1. The summed E-state index contributed by atoms with van der Waals surface area (Å²) in [4.78, 5) is 9.81. The van der Waals surface area contributed by atoms with Crippen molar-refractivity contribution in [1.29, 1.82) is 0 Å². The Morgan fingerprint density at radius 1 is 0.739 bits per heavy atom. The summed E-state index contributed by atoms with van der Waals surface area (Å²) in [6, 6.07) is 40.8. The summed E-state index contributed by atoms with van der Waals surface area (Å²) in [6.45, 7) is 6.66. The quantitative estimate of drug-likeness (QED) is 0.162. The molecular formula is C39H35N5OS. The Morgan fingerprint density at radius 2 is 1.37 bits per heavy atom. The molecule has 1 fully saturated rings. The summed E-state index contributed by atoms with van der Waals surface area (Å²) in [5.41, 5.74) is 7.99. The lowest BCUT2D eigenvalue weighted by atomic mass is 9.77. The van der Waals surface area contributed by atoms with Gasteiger partial charge in [-0.2, -0.15) is 5.10 Å². The second-order valence-electron chi connectivity index (χ2n) is 11.8. The van der Waals surface area contributed by atoms with Crippen LogP contribution in [0.4, 0.5) is 0 Å². The molecule has 0 amide bonds. The predicted octanol–water partition coefficient (Wildman–Crippen LogP) is 7.91. The molecule has 46 heavy (non-hydrogen) atoms. The van der Waals surface area contributed by atoms with E-state index in [1.165, 1.54) is 9.75 Å². The van der Waals surface area contributed by atoms with Crippen molar-refractivity contribution in [3.8, 4) is 21.7 Å². The monoisotopic (exact) mass is 621 g/mol. The van der Waals surface area contributed by atoms with Gasteiger partial charge in [0.2, 0.25) is 0 Å². The van der Waals surface area contributed by atoms with Crippen molar-refractivity contribution in [2.45, 2.75) is 19.0 Å². The van der Waals surface area contributed by atoms with E-state index in [4.69, 9.17) is 14.8 Å². The molecule has 0 N–H and O–H groups in total. The van der Waals surface area contributed by atoms with Crippen molar-refractivity contribution in [3.63, 3.8) is 0 Å². The third kappa shape index (κ3) is 5.07. The number of pyridine rings is 1. The second-order valence-corrected chi connectivity index (χ2v) is 13.0. The average Bonchev–Trinajstić information content (AvgIpc) is 3.85. The number of fused-ring (bicyclic) bond motifs is 1. The molecule has 1 saturated heterocycles. The van der Waals surface area contributed by atoms with Crippen LogP contribution >= 0.6 is 11.3 Å². The van der Waals surface area contributed by atoms with Gasteiger partial charge < -0.3 is 4.74 Å². The van der Waals surface area contributed by atoms with Crippen LogP contribution in [0.3, 0.4) is 0 Å². The molecule has 0 aliphatic carbocycles. The summed E-state index contributed by atoms with van der Waals surface area (Å²) in [7, 11) is 0. The number of nitrogens with zero attached hydrogens (tertiary/aromatic N) is 5. The first kappa shape index (κ1) is 28.6. The maximum atomic E-state index is 5.54. The molecule has 1 aliphatic rings. The van der Waals surface area contributed by atoms with Gasteiger partial charge in [0.25, 0.3) is 0 Å². The zero-order valence-corrected chi connectivity index (χ0v) is 26.6. The normalized spacial score (nSPS) is 14.2. The molecule has 4 aromatic heterocycles. The number of rotatable bonds is 8. The van der Waals surface area contributed by atoms with Gasteiger partial charge in [0.15, 0.2) is 0 Å². The molecule has 0 unspecified atom stereocenters. The molecule has 0 atom stereocenters. The summed E-state index contributed by atoms with van der Waals surface area (Å²) >= 11 is 1.84. The van der Waals surface area contributed by atoms with Gasteiger partial charge in [-0.15, -0.1) is 11.3 Å². The first-order valence-electron chi connectivity index (χ1n) is 15.8. The first-order chi connectivity index (χ1) is 22.7. The van der Waals surface area contributed by atoms with Crippen LogP contribution < -0.4 is 0 Å². The number of imidazole rings is 1. The fourth-order valence-corrected chi connectivity index (χ4v) is 7.81. The molecule has 7 heteroatoms. The van der Waals surface area contributed by atoms with Gasteiger partial charge >= 0.3 is 0 Å². The average molecular weight is 622 g/mol. The number of benzene rings is 3. The number of hydrogen-bond donors (Lipinski definition) is 0. The number of hydrogen-bond acceptors (Lipinski definition) is 5. The zero-order chi connectivity index (χ0) is 30.9. The number of aryl methyl sites for hydroxylation is 1. The summed E-state index contributed by atoms with van der Waals surface area (Å²) in [5.74, 6) is 0. The van der Waals surface area contributed by atoms with Gasteiger partial charge in [0.1, 0.15) is 11.2 Å². The molecule has 0 radical (unpaired) electrons. The topological polar surface area (TPSA) is 47.6 Å². The van der Waals surface area contributed by atoms with Gasteiger partial charge in [-0.3, -0.25) is 14.0 Å². The van der Waals surface area contributed by atoms with Crippen LogP contribution in [0.1, 0.15) is 27.3 Å². The van der Waals surface area contributed by atoms with Gasteiger partial charge in [-0.25, -0.2) is 4.98 Å². The molecule has 6 nitrogen and oxygen atoms in total. The van der Waals surface area contributed by atoms with E-state index in [1.54, 1.807) is 0 Å². The molecule has 8 rings (SSSR count). The lowest BCUT2D eigenvalue weighted by Crippen LogP contribution is -2.38. The summed E-state index contributed by atoms with van der Waals surface area (Å²) in [6.07, 6.45) is 6.42. The van der Waals surface area contributed by atoms with Crippen LogP contribution in [0.2, 0.25) is 0 Å². The number of aromatic nitrogens is 4. The molecule has 0 spiro atoms. The van der Waals surface area contributed by atoms with E-state index in [0.717, 1.165) is 77.7 Å². The lowest BCUT2D eigenvalue weighted by molar-refractivity contribution is 0.0346. The van der Waals surface area contributed by atoms with Crippen molar-refractivity contribution in [2.24, 2.45) is 0 Å². The van der Waals surface area contributed by atoms with Crippen LogP contribution in [0.25, 0.3) is 27.3 Å². The highest BCUT2D eigenvalue weighted by Crippen LogP contribution is 2.42. The van der Waals surface area contributed by atoms with Crippen molar-refractivity contribution >= 4 is 17.0 Å². The van der Waals surface area contributed by atoms with E-state index < -0.39 is 5.54 Å². The first-order valence-corrected chi connectivity index (χ1v) is 16.6. The molecule has 3 aromatic carbocycles. The minimum atomic E-state index is -0.662. The molecule has 5 heterocycles. The zero-order valence-electron chi connectivity index (χ0n) is 25.8. The maximum absolute atomic E-state index is 5.54. The SMILES string of the molecule is Cc1nn(C(c2ccccc2)(c2ccccc2)c2ccccc2)cc1-c1ccc2ncc(-c3ccc(CN4CCOCC4)s3)n2c1.